The number of aromatic nitrogens is 1. The number of rotatable bonds is 7. The molecule has 0 aliphatic carbocycles. The zero-order valence-electron chi connectivity index (χ0n) is 18.3. The molecule has 0 spiro atoms. The fourth-order valence-corrected chi connectivity index (χ4v) is 4.33. The molecule has 3 atom stereocenters. The number of carbonyl (C=O) groups excluding carboxylic acids is 1. The van der Waals surface area contributed by atoms with Gasteiger partial charge in [-0.2, -0.15) is 0 Å². The van der Waals surface area contributed by atoms with Gasteiger partial charge in [-0.1, -0.05) is 48.5 Å². The van der Waals surface area contributed by atoms with Crippen LogP contribution in [0.25, 0.3) is 0 Å². The molecule has 0 radical (unpaired) electrons. The maximum atomic E-state index is 12.8. The smallest absolute Gasteiger partial charge is 0.253 e. The van der Waals surface area contributed by atoms with Gasteiger partial charge in [0.05, 0.1) is 18.3 Å². The molecule has 6 nitrogen and oxygen atoms in total. The summed E-state index contributed by atoms with van der Waals surface area (Å²) in [6, 6.07) is 23.4. The SMILES string of the molecule is CN(Cc1cccc(N)n1)C(=O)c1ccc(C[C@@H]2CC[C@H](C(O)c3ccccc3)N2)cc1. The largest absolute Gasteiger partial charge is 0.387 e. The molecule has 1 unspecified atom stereocenters. The van der Waals surface area contributed by atoms with Crippen molar-refractivity contribution in [1.29, 1.82) is 0 Å². The minimum atomic E-state index is -0.494. The van der Waals surface area contributed by atoms with Crippen LogP contribution in [-0.2, 0) is 13.0 Å². The summed E-state index contributed by atoms with van der Waals surface area (Å²) in [6.07, 6.45) is 2.34. The van der Waals surface area contributed by atoms with Crippen molar-refractivity contribution in [1.82, 2.24) is 15.2 Å². The van der Waals surface area contributed by atoms with Gasteiger partial charge in [0, 0.05) is 24.7 Å². The molecule has 1 aromatic heterocycles. The van der Waals surface area contributed by atoms with Crippen molar-refractivity contribution in [3.05, 3.63) is 95.2 Å². The topological polar surface area (TPSA) is 91.5 Å². The minimum absolute atomic E-state index is 0.0502. The summed E-state index contributed by atoms with van der Waals surface area (Å²) >= 11 is 0. The van der Waals surface area contributed by atoms with Gasteiger partial charge in [-0.25, -0.2) is 4.98 Å². The van der Waals surface area contributed by atoms with Gasteiger partial charge < -0.3 is 21.1 Å². The third kappa shape index (κ3) is 5.33. The molecule has 166 valence electrons. The van der Waals surface area contributed by atoms with Crippen molar-refractivity contribution < 1.29 is 9.90 Å². The maximum Gasteiger partial charge on any atom is 0.253 e. The summed E-state index contributed by atoms with van der Waals surface area (Å²) in [5.74, 6) is 0.401. The number of nitrogens with zero attached hydrogens (tertiary/aromatic N) is 2. The van der Waals surface area contributed by atoms with E-state index in [1.54, 1.807) is 18.0 Å². The summed E-state index contributed by atoms with van der Waals surface area (Å²) < 4.78 is 0. The molecule has 32 heavy (non-hydrogen) atoms. The van der Waals surface area contributed by atoms with Crippen LogP contribution >= 0.6 is 0 Å². The Kier molecular flexibility index (Phi) is 6.83. The third-order valence-corrected chi connectivity index (χ3v) is 6.06. The zero-order valence-corrected chi connectivity index (χ0v) is 18.3. The van der Waals surface area contributed by atoms with Crippen LogP contribution in [0.15, 0.2) is 72.8 Å². The van der Waals surface area contributed by atoms with Crippen molar-refractivity contribution in [2.24, 2.45) is 0 Å². The third-order valence-electron chi connectivity index (χ3n) is 6.06. The Morgan fingerprint density at radius 1 is 1.09 bits per heavy atom. The molecule has 0 bridgehead atoms. The highest BCUT2D eigenvalue weighted by molar-refractivity contribution is 5.94. The molecule has 6 heteroatoms. The van der Waals surface area contributed by atoms with E-state index >= 15 is 0 Å². The first-order chi connectivity index (χ1) is 15.5. The highest BCUT2D eigenvalue weighted by Crippen LogP contribution is 2.26. The van der Waals surface area contributed by atoms with Gasteiger partial charge in [-0.15, -0.1) is 0 Å². The number of hydrogen-bond donors (Lipinski definition) is 3. The van der Waals surface area contributed by atoms with Crippen LogP contribution in [0, 0.1) is 0 Å². The van der Waals surface area contributed by atoms with E-state index in [9.17, 15) is 9.90 Å². The molecule has 2 heterocycles. The highest BCUT2D eigenvalue weighted by atomic mass is 16.3. The van der Waals surface area contributed by atoms with E-state index in [-0.39, 0.29) is 11.9 Å². The van der Waals surface area contributed by atoms with Crippen LogP contribution in [0.5, 0.6) is 0 Å². The second kappa shape index (κ2) is 9.94. The molecular weight excluding hydrogens is 400 g/mol. The molecule has 0 saturated carbocycles. The Bertz CT molecular complexity index is 1040. The number of pyridine rings is 1. The summed E-state index contributed by atoms with van der Waals surface area (Å²) in [5.41, 5.74) is 9.26. The predicted octanol–water partition coefficient (Wildman–Crippen LogP) is 3.33. The Labute approximate surface area is 189 Å². The van der Waals surface area contributed by atoms with Gasteiger partial charge in [0.15, 0.2) is 0 Å². The van der Waals surface area contributed by atoms with Crippen LogP contribution in [0.2, 0.25) is 0 Å². The number of aliphatic hydroxyl groups is 1. The van der Waals surface area contributed by atoms with Crippen LogP contribution in [0.1, 0.15) is 46.1 Å². The van der Waals surface area contributed by atoms with E-state index in [0.717, 1.165) is 30.5 Å². The van der Waals surface area contributed by atoms with E-state index < -0.39 is 6.10 Å². The Morgan fingerprint density at radius 3 is 2.56 bits per heavy atom. The molecule has 1 fully saturated rings. The van der Waals surface area contributed by atoms with Crippen molar-refractivity contribution >= 4 is 11.7 Å². The molecule has 1 saturated heterocycles. The molecular formula is C26H30N4O2. The minimum Gasteiger partial charge on any atom is -0.387 e. The number of amides is 1. The number of anilines is 1. The fraction of sp³-hybridized carbons (Fsp3) is 0.308. The molecule has 3 aromatic rings. The average Bonchev–Trinajstić information content (AvgIpc) is 3.27. The molecule has 4 rings (SSSR count). The summed E-state index contributed by atoms with van der Waals surface area (Å²) in [4.78, 5) is 18.7. The van der Waals surface area contributed by atoms with Crippen molar-refractivity contribution in [3.63, 3.8) is 0 Å². The average molecular weight is 431 g/mol. The lowest BCUT2D eigenvalue weighted by atomic mass is 10.0. The first kappa shape index (κ1) is 22.0. The highest BCUT2D eigenvalue weighted by Gasteiger charge is 2.29. The standard InChI is InChI=1S/C26H30N4O2/c1-30(17-22-8-5-9-24(27)29-22)26(32)20-12-10-18(11-13-20)16-21-14-15-23(28-21)25(31)19-6-3-2-4-7-19/h2-13,21,23,25,28,31H,14-17H2,1H3,(H2,27,29)/t21-,23+,25?/m0/s1. The first-order valence-corrected chi connectivity index (χ1v) is 11.0. The number of nitrogens with two attached hydrogens (primary N) is 1. The number of carbonyl (C=O) groups is 1. The van der Waals surface area contributed by atoms with Gasteiger partial charge >= 0.3 is 0 Å². The second-order valence-electron chi connectivity index (χ2n) is 8.52. The number of benzene rings is 2. The monoisotopic (exact) mass is 430 g/mol. The number of nitrogens with one attached hydrogen (secondary N) is 1. The van der Waals surface area contributed by atoms with Gasteiger partial charge in [-0.05, 0) is 54.7 Å². The van der Waals surface area contributed by atoms with E-state index in [1.807, 2.05) is 66.7 Å². The summed E-state index contributed by atoms with van der Waals surface area (Å²) in [7, 11) is 1.77. The quantitative estimate of drug-likeness (QED) is 0.535. The van der Waals surface area contributed by atoms with E-state index in [0.29, 0.717) is 24.0 Å². The fourth-order valence-electron chi connectivity index (χ4n) is 4.33. The van der Waals surface area contributed by atoms with Crippen LogP contribution < -0.4 is 11.1 Å². The molecule has 1 amide bonds. The summed E-state index contributed by atoms with van der Waals surface area (Å²) in [5, 5.41) is 14.2. The van der Waals surface area contributed by atoms with E-state index in [4.69, 9.17) is 5.73 Å². The maximum absolute atomic E-state index is 12.8. The lowest BCUT2D eigenvalue weighted by Crippen LogP contribution is -2.35. The number of hydrogen-bond acceptors (Lipinski definition) is 5. The van der Waals surface area contributed by atoms with E-state index in [1.165, 1.54) is 5.56 Å². The summed E-state index contributed by atoms with van der Waals surface area (Å²) in [6.45, 7) is 0.406. The van der Waals surface area contributed by atoms with Crippen LogP contribution in [0.4, 0.5) is 5.82 Å². The Morgan fingerprint density at radius 2 is 1.84 bits per heavy atom. The van der Waals surface area contributed by atoms with Gasteiger partial charge in [0.1, 0.15) is 5.82 Å². The van der Waals surface area contributed by atoms with Crippen LogP contribution in [-0.4, -0.2) is 40.0 Å². The Hall–Kier alpha value is -3.22. The molecule has 4 N–H and O–H groups in total. The van der Waals surface area contributed by atoms with Crippen LogP contribution in [0.3, 0.4) is 0 Å². The Balaban J connectivity index is 1.31. The number of nitrogen functional groups attached to an aromatic ring is 1. The predicted molar refractivity (Wildman–Crippen MR) is 126 cm³/mol. The van der Waals surface area contributed by atoms with Crippen molar-refractivity contribution in [2.45, 2.75) is 44.0 Å². The second-order valence-corrected chi connectivity index (χ2v) is 8.52. The molecule has 2 aromatic carbocycles. The molecule has 1 aliphatic rings. The lowest BCUT2D eigenvalue weighted by Gasteiger charge is -2.20. The lowest BCUT2D eigenvalue weighted by molar-refractivity contribution is 0.0783. The number of aliphatic hydroxyl groups excluding tert-OH is 1. The van der Waals surface area contributed by atoms with Gasteiger partial charge in [0.2, 0.25) is 0 Å². The van der Waals surface area contributed by atoms with Crippen molar-refractivity contribution in [3.8, 4) is 0 Å². The zero-order chi connectivity index (χ0) is 22.5. The van der Waals surface area contributed by atoms with Gasteiger partial charge in [0.25, 0.3) is 5.91 Å². The normalized spacial score (nSPS) is 18.9. The van der Waals surface area contributed by atoms with Crippen molar-refractivity contribution in [2.75, 3.05) is 12.8 Å². The molecule has 1 aliphatic heterocycles. The first-order valence-electron chi connectivity index (χ1n) is 11.0. The van der Waals surface area contributed by atoms with Gasteiger partial charge in [-0.3, -0.25) is 4.79 Å². The van der Waals surface area contributed by atoms with E-state index in [2.05, 4.69) is 10.3 Å².